The Labute approximate surface area is 141 Å². The molecule has 2 N–H and O–H groups in total. The van der Waals surface area contributed by atoms with E-state index in [-0.39, 0.29) is 23.8 Å². The molecule has 2 aliphatic rings. The molecule has 0 aromatic heterocycles. The van der Waals surface area contributed by atoms with Crippen molar-refractivity contribution in [1.29, 1.82) is 0 Å². The molecule has 0 aliphatic carbocycles. The number of nitrogens with one attached hydrogen (secondary N) is 2. The first-order valence-electron chi connectivity index (χ1n) is 8.39. The number of esters is 2. The molecule has 0 saturated carbocycles. The third-order valence-electron chi connectivity index (χ3n) is 3.46. The van der Waals surface area contributed by atoms with Gasteiger partial charge >= 0.3 is 11.9 Å². The molecule has 0 aromatic rings. The predicted octanol–water partition coefficient (Wildman–Crippen LogP) is 0.436. The Morgan fingerprint density at radius 3 is 1.50 bits per heavy atom. The van der Waals surface area contributed by atoms with Gasteiger partial charge in [0.15, 0.2) is 0 Å². The highest BCUT2D eigenvalue weighted by atomic mass is 16.5. The fraction of sp³-hybridized carbons (Fsp3) is 0.750. The molecule has 2 aliphatic heterocycles. The molecule has 8 nitrogen and oxygen atoms in total. The molecule has 2 rings (SSSR count). The Bertz CT molecular complexity index is 423. The smallest absolute Gasteiger partial charge is 0.328 e. The van der Waals surface area contributed by atoms with E-state index in [1.54, 1.807) is 0 Å². The Hall–Kier alpha value is -2.12. The molecule has 2 amide bonds. The summed E-state index contributed by atoms with van der Waals surface area (Å²) in [5, 5.41) is 5.10. The van der Waals surface area contributed by atoms with Gasteiger partial charge in [-0.25, -0.2) is 9.59 Å². The Balaban J connectivity index is 0.000000240. The monoisotopic (exact) mass is 342 g/mol. The Kier molecular flexibility index (Phi) is 8.81. The van der Waals surface area contributed by atoms with E-state index in [9.17, 15) is 19.2 Å². The van der Waals surface area contributed by atoms with Crippen molar-refractivity contribution in [1.82, 2.24) is 10.6 Å². The summed E-state index contributed by atoms with van der Waals surface area (Å²) >= 11 is 0. The Morgan fingerprint density at radius 1 is 0.875 bits per heavy atom. The minimum absolute atomic E-state index is 0.0616. The summed E-state index contributed by atoms with van der Waals surface area (Å²) in [4.78, 5) is 43.7. The average molecular weight is 342 g/mol. The minimum atomic E-state index is -0.399. The van der Waals surface area contributed by atoms with Gasteiger partial charge in [-0.1, -0.05) is 13.8 Å². The summed E-state index contributed by atoms with van der Waals surface area (Å²) < 4.78 is 9.74. The van der Waals surface area contributed by atoms with E-state index in [0.717, 1.165) is 12.8 Å². The first-order chi connectivity index (χ1) is 11.5. The van der Waals surface area contributed by atoms with E-state index in [0.29, 0.717) is 38.9 Å². The largest absolute Gasteiger partial charge is 0.464 e. The van der Waals surface area contributed by atoms with Crippen LogP contribution < -0.4 is 10.6 Å². The van der Waals surface area contributed by atoms with Crippen molar-refractivity contribution in [3.63, 3.8) is 0 Å². The van der Waals surface area contributed by atoms with Gasteiger partial charge in [0.25, 0.3) is 0 Å². The number of carbonyl (C=O) groups is 4. The number of hydrogen-bond donors (Lipinski definition) is 2. The van der Waals surface area contributed by atoms with Gasteiger partial charge in [-0.05, 0) is 25.7 Å². The molecule has 2 unspecified atom stereocenters. The zero-order chi connectivity index (χ0) is 17.9. The molecule has 0 radical (unpaired) electrons. The van der Waals surface area contributed by atoms with Gasteiger partial charge in [-0.2, -0.15) is 0 Å². The normalized spacial score (nSPS) is 22.1. The molecular weight excluding hydrogens is 316 g/mol. The summed E-state index contributed by atoms with van der Waals surface area (Å²) in [7, 11) is 0. The van der Waals surface area contributed by atoms with Crippen molar-refractivity contribution < 1.29 is 28.7 Å². The SMILES string of the molecule is CCCOC(=O)C1CCC(=O)N1.CCCOC(=O)C1CCC(=O)N1. The van der Waals surface area contributed by atoms with Crippen molar-refractivity contribution in [2.24, 2.45) is 0 Å². The highest BCUT2D eigenvalue weighted by Gasteiger charge is 2.28. The highest BCUT2D eigenvalue weighted by Crippen LogP contribution is 2.08. The summed E-state index contributed by atoms with van der Waals surface area (Å²) in [6.07, 6.45) is 3.64. The number of hydrogen-bond acceptors (Lipinski definition) is 6. The van der Waals surface area contributed by atoms with Crippen molar-refractivity contribution in [3.05, 3.63) is 0 Å². The minimum Gasteiger partial charge on any atom is -0.464 e. The topological polar surface area (TPSA) is 111 Å². The van der Waals surface area contributed by atoms with Crippen LogP contribution in [0, 0.1) is 0 Å². The molecule has 2 saturated heterocycles. The number of amides is 2. The third kappa shape index (κ3) is 6.97. The predicted molar refractivity (Wildman–Crippen MR) is 84.8 cm³/mol. The molecule has 0 bridgehead atoms. The lowest BCUT2D eigenvalue weighted by atomic mass is 10.2. The second kappa shape index (κ2) is 10.6. The van der Waals surface area contributed by atoms with Gasteiger partial charge in [0.1, 0.15) is 12.1 Å². The van der Waals surface area contributed by atoms with Crippen LogP contribution in [0.25, 0.3) is 0 Å². The molecule has 8 heteroatoms. The van der Waals surface area contributed by atoms with E-state index < -0.39 is 12.1 Å². The summed E-state index contributed by atoms with van der Waals surface area (Å²) in [5.41, 5.74) is 0. The van der Waals surface area contributed by atoms with E-state index >= 15 is 0 Å². The average Bonchev–Trinajstić information content (AvgIpc) is 3.19. The Morgan fingerprint density at radius 2 is 1.25 bits per heavy atom. The first-order valence-corrected chi connectivity index (χ1v) is 8.39. The number of carbonyl (C=O) groups excluding carboxylic acids is 4. The zero-order valence-corrected chi connectivity index (χ0v) is 14.3. The standard InChI is InChI=1S/2C8H13NO3/c2*1-2-5-12-8(11)6-3-4-7(10)9-6/h2*6H,2-5H2,1H3,(H,9,10). The van der Waals surface area contributed by atoms with E-state index in [2.05, 4.69) is 10.6 Å². The molecular formula is C16H26N2O6. The maximum absolute atomic E-state index is 11.1. The highest BCUT2D eigenvalue weighted by molar-refractivity contribution is 5.88. The summed E-state index contributed by atoms with van der Waals surface area (Å²) in [6, 6.07) is -0.798. The quantitative estimate of drug-likeness (QED) is 0.678. The lowest BCUT2D eigenvalue weighted by Crippen LogP contribution is -2.34. The third-order valence-corrected chi connectivity index (χ3v) is 3.46. The van der Waals surface area contributed by atoms with Gasteiger partial charge in [-0.15, -0.1) is 0 Å². The molecule has 136 valence electrons. The van der Waals surface area contributed by atoms with E-state index in [1.807, 2.05) is 13.8 Å². The summed E-state index contributed by atoms with van der Waals surface area (Å²) in [6.45, 7) is 4.73. The number of ether oxygens (including phenoxy) is 2. The first kappa shape index (κ1) is 19.9. The second-order valence-corrected chi connectivity index (χ2v) is 5.65. The maximum Gasteiger partial charge on any atom is 0.328 e. The zero-order valence-electron chi connectivity index (χ0n) is 14.3. The van der Waals surface area contributed by atoms with E-state index in [4.69, 9.17) is 9.47 Å². The van der Waals surface area contributed by atoms with Crippen LogP contribution in [-0.4, -0.2) is 49.1 Å². The fourth-order valence-corrected chi connectivity index (χ4v) is 2.19. The van der Waals surface area contributed by atoms with Crippen molar-refractivity contribution >= 4 is 23.8 Å². The van der Waals surface area contributed by atoms with Crippen LogP contribution in [0.15, 0.2) is 0 Å². The molecule has 0 spiro atoms. The van der Waals surface area contributed by atoms with Crippen LogP contribution in [-0.2, 0) is 28.7 Å². The molecule has 24 heavy (non-hydrogen) atoms. The van der Waals surface area contributed by atoms with Crippen LogP contribution in [0.4, 0.5) is 0 Å². The molecule has 2 atom stereocenters. The van der Waals surface area contributed by atoms with Gasteiger partial charge in [0, 0.05) is 12.8 Å². The van der Waals surface area contributed by atoms with Crippen LogP contribution in [0.5, 0.6) is 0 Å². The number of rotatable bonds is 6. The van der Waals surface area contributed by atoms with Gasteiger partial charge in [0.2, 0.25) is 11.8 Å². The van der Waals surface area contributed by atoms with Crippen molar-refractivity contribution in [2.45, 2.75) is 64.5 Å². The van der Waals surface area contributed by atoms with Crippen LogP contribution in [0.2, 0.25) is 0 Å². The van der Waals surface area contributed by atoms with E-state index in [1.165, 1.54) is 0 Å². The molecule has 2 heterocycles. The van der Waals surface area contributed by atoms with Crippen LogP contribution in [0.3, 0.4) is 0 Å². The van der Waals surface area contributed by atoms with Gasteiger partial charge < -0.3 is 20.1 Å². The van der Waals surface area contributed by atoms with Crippen molar-refractivity contribution in [3.8, 4) is 0 Å². The molecule has 2 fully saturated rings. The van der Waals surface area contributed by atoms with Crippen molar-refractivity contribution in [2.75, 3.05) is 13.2 Å². The summed E-state index contributed by atoms with van der Waals surface area (Å²) in [5.74, 6) is -0.729. The fourth-order valence-electron chi connectivity index (χ4n) is 2.19. The van der Waals surface area contributed by atoms with Gasteiger partial charge in [0.05, 0.1) is 13.2 Å². The van der Waals surface area contributed by atoms with Crippen LogP contribution >= 0.6 is 0 Å². The van der Waals surface area contributed by atoms with Gasteiger partial charge in [-0.3, -0.25) is 9.59 Å². The maximum atomic E-state index is 11.1. The second-order valence-electron chi connectivity index (χ2n) is 5.65. The lowest BCUT2D eigenvalue weighted by molar-refractivity contribution is -0.147. The molecule has 0 aromatic carbocycles. The lowest BCUT2D eigenvalue weighted by Gasteiger charge is -2.08. The van der Waals surface area contributed by atoms with Crippen LogP contribution in [0.1, 0.15) is 52.4 Å².